The number of nitrogens with zero attached hydrogens (tertiary/aromatic N) is 4. The van der Waals surface area contributed by atoms with Crippen molar-refractivity contribution in [1.82, 2.24) is 34.8 Å². The van der Waals surface area contributed by atoms with Crippen LogP contribution in [0.25, 0.3) is 21.6 Å². The molecule has 6 unspecified atom stereocenters. The van der Waals surface area contributed by atoms with Gasteiger partial charge in [-0.3, -0.25) is 23.7 Å². The molecule has 0 radical (unpaired) electrons. The zero-order valence-electron chi connectivity index (χ0n) is 38.4. The molecule has 1 saturated heterocycles. The summed E-state index contributed by atoms with van der Waals surface area (Å²) >= 11 is 1.61. The third-order valence-electron chi connectivity index (χ3n) is 13.2. The number of benzene rings is 1. The molecule has 1 aliphatic heterocycles. The fraction of sp³-hybridized carbons (Fsp3) is 0.652. The summed E-state index contributed by atoms with van der Waals surface area (Å²) in [6.07, 6.45) is 6.88. The van der Waals surface area contributed by atoms with Crippen molar-refractivity contribution in [3.05, 3.63) is 41.9 Å². The summed E-state index contributed by atoms with van der Waals surface area (Å²) in [5.41, 5.74) is 0.298. The molecule has 0 bridgehead atoms. The molecule has 4 fully saturated rings. The van der Waals surface area contributed by atoms with E-state index in [0.29, 0.717) is 24.8 Å². The number of aromatic nitrogens is 3. The quantitative estimate of drug-likeness (QED) is 0.146. The predicted octanol–water partition coefficient (Wildman–Crippen LogP) is 7.38. The normalized spacial score (nSPS) is 25.3. The van der Waals surface area contributed by atoms with Gasteiger partial charge >= 0.3 is 6.09 Å². The Kier molecular flexibility index (Phi) is 12.4. The van der Waals surface area contributed by atoms with E-state index < -0.39 is 85.2 Å². The number of alkyl carbamates (subject to hydrolysis) is 1. The molecular formula is C46H65N7O8S2. The number of rotatable bonds is 13. The number of carbonyl (C=O) groups is 4. The molecule has 344 valence electrons. The van der Waals surface area contributed by atoms with Gasteiger partial charge in [0, 0.05) is 34.7 Å². The molecule has 4 amide bonds. The van der Waals surface area contributed by atoms with E-state index in [0.717, 1.165) is 40.1 Å². The van der Waals surface area contributed by atoms with E-state index in [1.165, 1.54) is 30.2 Å². The summed E-state index contributed by atoms with van der Waals surface area (Å²) in [5, 5.41) is 8.69. The molecule has 3 heterocycles. The molecule has 6 atom stereocenters. The van der Waals surface area contributed by atoms with Gasteiger partial charge in [0.1, 0.15) is 39.9 Å². The lowest BCUT2D eigenvalue weighted by Crippen LogP contribution is -2.61. The summed E-state index contributed by atoms with van der Waals surface area (Å²) < 4.78 is 42.0. The second-order valence-electron chi connectivity index (χ2n) is 20.7. The van der Waals surface area contributed by atoms with Gasteiger partial charge in [-0.1, -0.05) is 59.1 Å². The van der Waals surface area contributed by atoms with E-state index in [4.69, 9.17) is 19.4 Å². The van der Waals surface area contributed by atoms with E-state index >= 15 is 0 Å². The number of sulfonamides is 1. The first kappa shape index (κ1) is 46.5. The maximum absolute atomic E-state index is 14.9. The zero-order valence-corrected chi connectivity index (χ0v) is 40.0. The Balaban J connectivity index is 1.23. The lowest BCUT2D eigenvalue weighted by atomic mass is 9.85. The van der Waals surface area contributed by atoms with E-state index in [9.17, 15) is 27.6 Å². The number of thiazole rings is 1. The Morgan fingerprint density at radius 2 is 1.71 bits per heavy atom. The fourth-order valence-corrected chi connectivity index (χ4v) is 11.3. The van der Waals surface area contributed by atoms with Crippen LogP contribution in [0.15, 0.2) is 36.2 Å². The third kappa shape index (κ3) is 9.23. The van der Waals surface area contributed by atoms with Crippen LogP contribution in [-0.2, 0) is 29.1 Å². The van der Waals surface area contributed by atoms with Crippen LogP contribution in [0.4, 0.5) is 4.79 Å². The van der Waals surface area contributed by atoms with Crippen LogP contribution < -0.4 is 20.1 Å². The highest BCUT2D eigenvalue weighted by atomic mass is 32.2. The average molecular weight is 908 g/mol. The molecule has 2 aromatic heterocycles. The number of para-hydroxylation sites is 1. The average Bonchev–Trinajstić information content (AvgIpc) is 3.93. The van der Waals surface area contributed by atoms with Gasteiger partial charge in [-0.05, 0) is 91.2 Å². The molecule has 0 spiro atoms. The predicted molar refractivity (Wildman–Crippen MR) is 243 cm³/mol. The number of ether oxygens (including phenoxy) is 2. The lowest BCUT2D eigenvalue weighted by Gasteiger charge is -2.36. The van der Waals surface area contributed by atoms with Gasteiger partial charge in [0.25, 0.3) is 11.9 Å². The summed E-state index contributed by atoms with van der Waals surface area (Å²) in [4.78, 5) is 68.5. The molecule has 7 rings (SSSR count). The molecule has 3 saturated carbocycles. The van der Waals surface area contributed by atoms with E-state index in [1.54, 1.807) is 66.7 Å². The molecular weight excluding hydrogens is 843 g/mol. The molecule has 3 aromatic rings. The summed E-state index contributed by atoms with van der Waals surface area (Å²) in [6.45, 7) is 21.8. The van der Waals surface area contributed by atoms with E-state index in [2.05, 4.69) is 27.3 Å². The van der Waals surface area contributed by atoms with Crippen molar-refractivity contribution in [1.29, 1.82) is 0 Å². The minimum atomic E-state index is -4.03. The Hall–Kier alpha value is -4.51. The Labute approximate surface area is 375 Å². The van der Waals surface area contributed by atoms with Crippen molar-refractivity contribution in [3.8, 4) is 16.6 Å². The number of imidazole rings is 1. The van der Waals surface area contributed by atoms with Crippen molar-refractivity contribution in [2.45, 2.75) is 167 Å². The maximum atomic E-state index is 14.9. The second kappa shape index (κ2) is 16.8. The topological polar surface area (TPSA) is 191 Å². The largest absolute Gasteiger partial charge is 0.459 e. The lowest BCUT2D eigenvalue weighted by molar-refractivity contribution is -0.143. The van der Waals surface area contributed by atoms with Gasteiger partial charge in [-0.15, -0.1) is 17.9 Å². The minimum absolute atomic E-state index is 0.0666. The highest BCUT2D eigenvalue weighted by molar-refractivity contribution is 7.91. The van der Waals surface area contributed by atoms with Gasteiger partial charge in [-0.25, -0.2) is 18.2 Å². The highest BCUT2D eigenvalue weighted by Gasteiger charge is 2.63. The molecule has 17 heteroatoms. The summed E-state index contributed by atoms with van der Waals surface area (Å²) in [7, 11) is -4.03. The van der Waals surface area contributed by atoms with Crippen LogP contribution in [0.3, 0.4) is 0 Å². The monoisotopic (exact) mass is 907 g/mol. The van der Waals surface area contributed by atoms with Crippen molar-refractivity contribution in [3.63, 3.8) is 0 Å². The molecule has 63 heavy (non-hydrogen) atoms. The van der Waals surface area contributed by atoms with Crippen molar-refractivity contribution < 1.29 is 37.1 Å². The number of likely N-dealkylation sites (tertiary alicyclic amines) is 1. The van der Waals surface area contributed by atoms with Crippen molar-refractivity contribution in [2.75, 3.05) is 6.54 Å². The number of hydrogen-bond donors (Lipinski definition) is 3. The van der Waals surface area contributed by atoms with Gasteiger partial charge in [0.2, 0.25) is 21.8 Å². The standard InChI is InChI=1S/C46H65N7O8S2/c1-12-29-23-46(29,40(56)51-63(58,59)45(11)21-22-45)50-37(54)35-27(4)33(24-52(35)39(55)36(43(5,6)7)49-42(57)61-44(8,9)10)60-41-48-34-30(19-16-20-32(34)53(41)26(2)3)38-47-31(25-62-38)28-17-14-13-15-18-28/h12,16,19-20,25-29,33,35-36H,1,13-15,17-18,21-24H2,2-11H3,(H,49,57)(H,50,54)(H,51,56). The Morgan fingerprint density at radius 3 is 2.30 bits per heavy atom. The number of carbonyl (C=O) groups excluding carboxylic acids is 4. The Morgan fingerprint density at radius 1 is 1.03 bits per heavy atom. The molecule has 1 aromatic carbocycles. The second-order valence-corrected chi connectivity index (χ2v) is 23.8. The van der Waals surface area contributed by atoms with Crippen LogP contribution >= 0.6 is 11.3 Å². The fourth-order valence-electron chi connectivity index (χ4n) is 9.04. The van der Waals surface area contributed by atoms with Crippen molar-refractivity contribution >= 4 is 56.2 Å². The maximum Gasteiger partial charge on any atom is 0.408 e. The number of fused-ring (bicyclic) bond motifs is 1. The third-order valence-corrected chi connectivity index (χ3v) is 16.3. The first-order valence-corrected chi connectivity index (χ1v) is 24.7. The first-order chi connectivity index (χ1) is 29.4. The van der Waals surface area contributed by atoms with Gasteiger partial charge in [0.15, 0.2) is 0 Å². The summed E-state index contributed by atoms with van der Waals surface area (Å²) in [5.74, 6) is -2.84. The van der Waals surface area contributed by atoms with Gasteiger partial charge in [0.05, 0.1) is 22.5 Å². The number of amides is 4. The minimum Gasteiger partial charge on any atom is -0.459 e. The Bertz CT molecular complexity index is 2380. The van der Waals surface area contributed by atoms with Crippen LogP contribution in [0.1, 0.15) is 138 Å². The van der Waals surface area contributed by atoms with Crippen LogP contribution in [-0.4, -0.2) is 92.3 Å². The first-order valence-electron chi connectivity index (χ1n) is 22.3. The van der Waals surface area contributed by atoms with Crippen molar-refractivity contribution in [2.24, 2.45) is 17.3 Å². The zero-order chi connectivity index (χ0) is 46.0. The van der Waals surface area contributed by atoms with Gasteiger partial charge in [-0.2, -0.15) is 4.98 Å². The molecule has 3 N–H and O–H groups in total. The van der Waals surface area contributed by atoms with Crippen LogP contribution in [0.5, 0.6) is 6.01 Å². The van der Waals surface area contributed by atoms with E-state index in [1.807, 2.05) is 36.6 Å². The smallest absolute Gasteiger partial charge is 0.408 e. The highest BCUT2D eigenvalue weighted by Crippen LogP contribution is 2.48. The van der Waals surface area contributed by atoms with Crippen LogP contribution in [0.2, 0.25) is 0 Å². The molecule has 3 aliphatic carbocycles. The number of hydrogen-bond acceptors (Lipinski definition) is 11. The SMILES string of the molecule is C=CC1CC1(NC(=O)C1C(C)C(Oc2nc3c(-c4nc(C5CCCCC5)cs4)cccc3n2C(C)C)CN1C(=O)C(NC(=O)OC(C)(C)C)C(C)(C)C)C(=O)NS(=O)(=O)C1(C)CC1. The van der Waals surface area contributed by atoms with E-state index in [-0.39, 0.29) is 19.0 Å². The van der Waals surface area contributed by atoms with Crippen LogP contribution in [0, 0.1) is 17.3 Å². The molecule has 4 aliphatic rings. The number of nitrogens with one attached hydrogen (secondary N) is 3. The molecule has 15 nitrogen and oxygen atoms in total. The summed E-state index contributed by atoms with van der Waals surface area (Å²) in [6, 6.07) is 3.87. The van der Waals surface area contributed by atoms with Gasteiger partial charge < -0.3 is 25.0 Å².